The van der Waals surface area contributed by atoms with Gasteiger partial charge in [-0.1, -0.05) is 30.3 Å². The van der Waals surface area contributed by atoms with Crippen molar-refractivity contribution in [1.82, 2.24) is 10.2 Å². The predicted octanol–water partition coefficient (Wildman–Crippen LogP) is 4.33. The Labute approximate surface area is 150 Å². The van der Waals surface area contributed by atoms with Crippen molar-refractivity contribution in [2.45, 2.75) is 39.8 Å². The zero-order chi connectivity index (χ0) is 18.2. The molecule has 0 atom stereocenters. The second-order valence-corrected chi connectivity index (χ2v) is 6.59. The second-order valence-electron chi connectivity index (χ2n) is 6.59. The van der Waals surface area contributed by atoms with Crippen molar-refractivity contribution in [3.05, 3.63) is 60.2 Å². The summed E-state index contributed by atoms with van der Waals surface area (Å²) >= 11 is 0. The lowest BCUT2D eigenvalue weighted by Gasteiger charge is -2.30. The Kier molecular flexibility index (Phi) is 7.02. The van der Waals surface area contributed by atoms with Crippen LogP contribution in [0, 0.1) is 0 Å². The number of ether oxygens (including phenoxy) is 1. The molecule has 0 unspecified atom stereocenters. The maximum Gasteiger partial charge on any atom is 0.255 e. The molecule has 25 heavy (non-hydrogen) atoms. The van der Waals surface area contributed by atoms with E-state index in [9.17, 15) is 4.79 Å². The highest BCUT2D eigenvalue weighted by Crippen LogP contribution is 2.24. The van der Waals surface area contributed by atoms with Crippen LogP contribution in [-0.2, 0) is 0 Å². The molecule has 2 rings (SSSR count). The number of hydrogen-bond acceptors (Lipinski definition) is 3. The fourth-order valence-corrected chi connectivity index (χ4v) is 2.87. The van der Waals surface area contributed by atoms with Gasteiger partial charge < -0.3 is 10.1 Å². The highest BCUT2D eigenvalue weighted by Gasteiger charge is 2.15. The molecule has 4 heteroatoms. The third-order valence-electron chi connectivity index (χ3n) is 4.08. The summed E-state index contributed by atoms with van der Waals surface area (Å²) < 4.78 is 5.86. The van der Waals surface area contributed by atoms with E-state index in [-0.39, 0.29) is 5.91 Å². The molecule has 0 radical (unpaired) electrons. The van der Waals surface area contributed by atoms with Crippen LogP contribution in [0.25, 0.3) is 0 Å². The van der Waals surface area contributed by atoms with Crippen LogP contribution < -0.4 is 10.1 Å². The van der Waals surface area contributed by atoms with Crippen LogP contribution in [0.15, 0.2) is 54.6 Å². The molecule has 1 N–H and O–H groups in total. The molecule has 2 aromatic carbocycles. The third-order valence-corrected chi connectivity index (χ3v) is 4.08. The van der Waals surface area contributed by atoms with Crippen molar-refractivity contribution in [3.8, 4) is 11.5 Å². The van der Waals surface area contributed by atoms with Gasteiger partial charge in [-0.05, 0) is 52.0 Å². The van der Waals surface area contributed by atoms with Gasteiger partial charge in [-0.15, -0.1) is 0 Å². The summed E-state index contributed by atoms with van der Waals surface area (Å²) in [4.78, 5) is 14.9. The Bertz CT molecular complexity index is 661. The van der Waals surface area contributed by atoms with E-state index >= 15 is 0 Å². The number of carbonyl (C=O) groups is 1. The molecular weight excluding hydrogens is 312 g/mol. The van der Waals surface area contributed by atoms with Gasteiger partial charge in [0.25, 0.3) is 5.91 Å². The minimum absolute atomic E-state index is 0.112. The zero-order valence-corrected chi connectivity index (χ0v) is 15.5. The zero-order valence-electron chi connectivity index (χ0n) is 15.5. The van der Waals surface area contributed by atoms with Crippen LogP contribution in [0.3, 0.4) is 0 Å². The minimum atomic E-state index is -0.112. The molecule has 1 amide bonds. The van der Waals surface area contributed by atoms with Gasteiger partial charge >= 0.3 is 0 Å². The first-order chi connectivity index (χ1) is 12.0. The summed E-state index contributed by atoms with van der Waals surface area (Å²) in [5.41, 5.74) is 0.548. The van der Waals surface area contributed by atoms with Gasteiger partial charge in [0.05, 0.1) is 5.56 Å². The van der Waals surface area contributed by atoms with Gasteiger partial charge in [0, 0.05) is 25.2 Å². The second kappa shape index (κ2) is 9.23. The molecule has 0 spiro atoms. The molecule has 0 aromatic heterocycles. The summed E-state index contributed by atoms with van der Waals surface area (Å²) in [5, 5.41) is 3.00. The van der Waals surface area contributed by atoms with Gasteiger partial charge in [0.15, 0.2) is 0 Å². The Morgan fingerprint density at radius 2 is 1.56 bits per heavy atom. The lowest BCUT2D eigenvalue weighted by molar-refractivity contribution is 0.0937. The maximum atomic E-state index is 12.6. The number of hydrogen-bond donors (Lipinski definition) is 1. The molecule has 0 aliphatic heterocycles. The third kappa shape index (κ3) is 5.61. The lowest BCUT2D eigenvalue weighted by Crippen LogP contribution is -2.42. The molecule has 0 fully saturated rings. The molecule has 134 valence electrons. The largest absolute Gasteiger partial charge is 0.457 e. The average Bonchev–Trinajstić information content (AvgIpc) is 2.59. The molecule has 0 aliphatic carbocycles. The number of carbonyl (C=O) groups excluding carboxylic acids is 1. The Morgan fingerprint density at radius 1 is 0.960 bits per heavy atom. The number of amides is 1. The van der Waals surface area contributed by atoms with Crippen LogP contribution >= 0.6 is 0 Å². The van der Waals surface area contributed by atoms with Gasteiger partial charge in [0.1, 0.15) is 11.5 Å². The first kappa shape index (κ1) is 19.0. The Morgan fingerprint density at radius 3 is 2.20 bits per heavy atom. The Hall–Kier alpha value is -2.33. The maximum absolute atomic E-state index is 12.6. The first-order valence-corrected chi connectivity index (χ1v) is 8.85. The van der Waals surface area contributed by atoms with E-state index in [2.05, 4.69) is 37.9 Å². The number of nitrogens with zero attached hydrogens (tertiary/aromatic N) is 1. The average molecular weight is 340 g/mol. The summed E-state index contributed by atoms with van der Waals surface area (Å²) in [6.45, 7) is 10.1. The fraction of sp³-hybridized carbons (Fsp3) is 0.381. The van der Waals surface area contributed by atoms with Crippen LogP contribution in [0.5, 0.6) is 11.5 Å². The lowest BCUT2D eigenvalue weighted by atomic mass is 10.2. The predicted molar refractivity (Wildman–Crippen MR) is 102 cm³/mol. The molecule has 0 aliphatic rings. The van der Waals surface area contributed by atoms with Crippen molar-refractivity contribution >= 4 is 5.91 Å². The van der Waals surface area contributed by atoms with Gasteiger partial charge in [-0.3, -0.25) is 9.69 Å². The van der Waals surface area contributed by atoms with E-state index in [1.165, 1.54) is 0 Å². The van der Waals surface area contributed by atoms with Crippen molar-refractivity contribution in [3.63, 3.8) is 0 Å². The van der Waals surface area contributed by atoms with Crippen LogP contribution in [0.1, 0.15) is 38.1 Å². The van der Waals surface area contributed by atoms with Gasteiger partial charge in [0.2, 0.25) is 0 Å². The molecule has 0 saturated carbocycles. The first-order valence-electron chi connectivity index (χ1n) is 8.85. The summed E-state index contributed by atoms with van der Waals surface area (Å²) in [6.07, 6.45) is 0. The molecule has 0 saturated heterocycles. The Balaban J connectivity index is 2.00. The molecule has 0 bridgehead atoms. The molecule has 4 nitrogen and oxygen atoms in total. The van der Waals surface area contributed by atoms with E-state index in [0.717, 1.165) is 6.54 Å². The number of rotatable bonds is 8. The van der Waals surface area contributed by atoms with E-state index in [0.29, 0.717) is 35.7 Å². The highest BCUT2D eigenvalue weighted by atomic mass is 16.5. The number of benzene rings is 2. The smallest absolute Gasteiger partial charge is 0.255 e. The van der Waals surface area contributed by atoms with Crippen molar-refractivity contribution in [2.75, 3.05) is 13.1 Å². The van der Waals surface area contributed by atoms with Crippen LogP contribution in [-0.4, -0.2) is 36.0 Å². The summed E-state index contributed by atoms with van der Waals surface area (Å²) in [5.74, 6) is 1.17. The standard InChI is InChI=1S/C21H28N2O2/c1-16(2)23(17(3)4)15-14-22-21(24)19-12-8-9-13-20(19)25-18-10-6-5-7-11-18/h5-13,16-17H,14-15H2,1-4H3,(H,22,24). The van der Waals surface area contributed by atoms with Crippen molar-refractivity contribution in [1.29, 1.82) is 0 Å². The SMILES string of the molecule is CC(C)N(CCNC(=O)c1ccccc1Oc1ccccc1)C(C)C. The fourth-order valence-electron chi connectivity index (χ4n) is 2.87. The van der Waals surface area contributed by atoms with Crippen LogP contribution in [0.2, 0.25) is 0 Å². The van der Waals surface area contributed by atoms with Crippen molar-refractivity contribution in [2.24, 2.45) is 0 Å². The summed E-state index contributed by atoms with van der Waals surface area (Å²) in [6, 6.07) is 17.7. The van der Waals surface area contributed by atoms with Crippen molar-refractivity contribution < 1.29 is 9.53 Å². The van der Waals surface area contributed by atoms with Crippen LogP contribution in [0.4, 0.5) is 0 Å². The molecular formula is C21H28N2O2. The highest BCUT2D eigenvalue weighted by molar-refractivity contribution is 5.97. The van der Waals surface area contributed by atoms with Gasteiger partial charge in [-0.2, -0.15) is 0 Å². The normalized spacial score (nSPS) is 11.2. The number of nitrogens with one attached hydrogen (secondary N) is 1. The molecule has 0 heterocycles. The van der Waals surface area contributed by atoms with E-state index < -0.39 is 0 Å². The minimum Gasteiger partial charge on any atom is -0.457 e. The van der Waals surface area contributed by atoms with E-state index in [4.69, 9.17) is 4.74 Å². The van der Waals surface area contributed by atoms with Gasteiger partial charge in [-0.25, -0.2) is 0 Å². The quantitative estimate of drug-likeness (QED) is 0.778. The molecule has 2 aromatic rings. The number of para-hydroxylation sites is 2. The monoisotopic (exact) mass is 340 g/mol. The summed E-state index contributed by atoms with van der Waals surface area (Å²) in [7, 11) is 0. The topological polar surface area (TPSA) is 41.6 Å². The van der Waals surface area contributed by atoms with E-state index in [1.807, 2.05) is 48.5 Å². The van der Waals surface area contributed by atoms with E-state index in [1.54, 1.807) is 6.07 Å².